The summed E-state index contributed by atoms with van der Waals surface area (Å²) in [6.45, 7) is 2.02. The second-order valence-electron chi connectivity index (χ2n) is 6.27. The predicted molar refractivity (Wildman–Crippen MR) is 117 cm³/mol. The van der Waals surface area contributed by atoms with Crippen molar-refractivity contribution in [3.05, 3.63) is 59.8 Å². The normalized spacial score (nSPS) is 10.7. The number of hydrogen-bond donors (Lipinski definition) is 4. The highest BCUT2D eigenvalue weighted by Gasteiger charge is 2.15. The van der Waals surface area contributed by atoms with Crippen LogP contribution in [0.3, 0.4) is 0 Å². The molecule has 0 aliphatic rings. The minimum atomic E-state index is -0.494. The van der Waals surface area contributed by atoms with E-state index in [-0.39, 0.29) is 17.4 Å². The first kappa shape index (κ1) is 19.9. The molecular weight excluding hydrogens is 422 g/mol. The molecule has 0 aliphatic heterocycles. The molecule has 0 spiro atoms. The number of amides is 2. The van der Waals surface area contributed by atoms with E-state index in [9.17, 15) is 9.59 Å². The van der Waals surface area contributed by atoms with Crippen LogP contribution in [-0.4, -0.2) is 38.0 Å². The van der Waals surface area contributed by atoms with Crippen molar-refractivity contribution < 1.29 is 9.59 Å². The van der Waals surface area contributed by atoms with E-state index in [1.54, 1.807) is 6.07 Å². The summed E-state index contributed by atoms with van der Waals surface area (Å²) < 4.78 is 0.643. The molecular formula is C19H17N7O2S2. The fraction of sp³-hybridized carbons (Fsp3) is 0.105. The topological polar surface area (TPSA) is 125 Å². The summed E-state index contributed by atoms with van der Waals surface area (Å²) in [5, 5.41) is 19.4. The number of anilines is 2. The molecule has 0 bridgehead atoms. The molecule has 4 N–H and O–H groups in total. The highest BCUT2D eigenvalue weighted by Crippen LogP contribution is 2.27. The number of fused-ring (bicyclic) bond motifs is 1. The minimum Gasteiger partial charge on any atom is -0.330 e. The van der Waals surface area contributed by atoms with Crippen molar-refractivity contribution in [3.63, 3.8) is 0 Å². The fourth-order valence-electron chi connectivity index (χ4n) is 2.56. The van der Waals surface area contributed by atoms with Gasteiger partial charge < -0.3 is 5.32 Å². The van der Waals surface area contributed by atoms with E-state index in [1.807, 2.05) is 49.4 Å². The first-order valence-corrected chi connectivity index (χ1v) is 10.7. The molecule has 2 heterocycles. The van der Waals surface area contributed by atoms with E-state index < -0.39 is 5.91 Å². The van der Waals surface area contributed by atoms with Crippen LogP contribution in [-0.2, 0) is 4.79 Å². The maximum absolute atomic E-state index is 12.3. The lowest BCUT2D eigenvalue weighted by molar-refractivity contribution is -0.119. The fourth-order valence-corrected chi connectivity index (χ4v) is 4.14. The SMILES string of the molecule is Cc1ccc(Nc2nnc(SCC(=O)NNC(=O)c3n[nH]c4ccccc34)s2)cc1. The second kappa shape index (κ2) is 8.93. The van der Waals surface area contributed by atoms with Crippen LogP contribution in [0.2, 0.25) is 0 Å². The van der Waals surface area contributed by atoms with Crippen molar-refractivity contribution in [2.45, 2.75) is 11.3 Å². The summed E-state index contributed by atoms with van der Waals surface area (Å²) in [5.74, 6) is -0.774. The summed E-state index contributed by atoms with van der Waals surface area (Å²) in [6.07, 6.45) is 0. The van der Waals surface area contributed by atoms with Crippen LogP contribution in [0.1, 0.15) is 16.1 Å². The number of benzene rings is 2. The van der Waals surface area contributed by atoms with Gasteiger partial charge in [0.05, 0.1) is 11.3 Å². The van der Waals surface area contributed by atoms with Gasteiger partial charge in [0.15, 0.2) is 10.0 Å². The smallest absolute Gasteiger partial charge is 0.290 e. The van der Waals surface area contributed by atoms with Gasteiger partial charge in [-0.15, -0.1) is 10.2 Å². The number of nitrogens with one attached hydrogen (secondary N) is 4. The van der Waals surface area contributed by atoms with Crippen molar-refractivity contribution in [1.82, 2.24) is 31.2 Å². The van der Waals surface area contributed by atoms with Crippen LogP contribution >= 0.6 is 23.1 Å². The van der Waals surface area contributed by atoms with Gasteiger partial charge >= 0.3 is 0 Å². The third-order valence-electron chi connectivity index (χ3n) is 4.04. The van der Waals surface area contributed by atoms with Crippen molar-refractivity contribution in [2.75, 3.05) is 11.1 Å². The van der Waals surface area contributed by atoms with E-state index in [4.69, 9.17) is 0 Å². The number of rotatable bonds is 6. The molecule has 30 heavy (non-hydrogen) atoms. The van der Waals surface area contributed by atoms with E-state index in [0.717, 1.165) is 11.2 Å². The standard InChI is InChI=1S/C19H17N7O2S2/c1-11-6-8-12(9-7-11)20-18-25-26-19(30-18)29-10-15(27)22-24-17(28)16-13-4-2-3-5-14(13)21-23-16/h2-9H,10H2,1H3,(H,20,25)(H,21,23)(H,22,27)(H,24,28). The van der Waals surface area contributed by atoms with Gasteiger partial charge in [0.2, 0.25) is 11.0 Å². The molecule has 0 atom stereocenters. The molecule has 152 valence electrons. The maximum atomic E-state index is 12.3. The Kier molecular flexibility index (Phi) is 5.91. The van der Waals surface area contributed by atoms with Crippen molar-refractivity contribution in [2.24, 2.45) is 0 Å². The first-order chi connectivity index (χ1) is 14.6. The molecule has 2 aromatic heterocycles. The molecule has 0 radical (unpaired) electrons. The summed E-state index contributed by atoms with van der Waals surface area (Å²) in [7, 11) is 0. The molecule has 9 nitrogen and oxygen atoms in total. The zero-order valence-electron chi connectivity index (χ0n) is 15.8. The minimum absolute atomic E-state index is 0.0841. The maximum Gasteiger partial charge on any atom is 0.290 e. The van der Waals surface area contributed by atoms with Gasteiger partial charge in [0, 0.05) is 11.1 Å². The van der Waals surface area contributed by atoms with E-state index in [0.29, 0.717) is 14.9 Å². The molecule has 11 heteroatoms. The Balaban J connectivity index is 1.25. The van der Waals surface area contributed by atoms with Crippen LogP contribution in [0.25, 0.3) is 10.9 Å². The summed E-state index contributed by atoms with van der Waals surface area (Å²) in [5.41, 5.74) is 7.81. The van der Waals surface area contributed by atoms with Gasteiger partial charge in [-0.05, 0) is 25.1 Å². The number of nitrogens with zero attached hydrogens (tertiary/aromatic N) is 3. The molecule has 4 rings (SSSR count). The third-order valence-corrected chi connectivity index (χ3v) is 6.01. The highest BCUT2D eigenvalue weighted by atomic mass is 32.2. The second-order valence-corrected chi connectivity index (χ2v) is 8.47. The summed E-state index contributed by atoms with van der Waals surface area (Å²) >= 11 is 2.58. The van der Waals surface area contributed by atoms with Gasteiger partial charge in [-0.3, -0.25) is 25.5 Å². The molecule has 0 unspecified atom stereocenters. The number of carbonyl (C=O) groups is 2. The number of carbonyl (C=O) groups excluding carboxylic acids is 2. The predicted octanol–water partition coefficient (Wildman–Crippen LogP) is 3.02. The zero-order chi connectivity index (χ0) is 20.9. The number of thioether (sulfide) groups is 1. The Labute approximate surface area is 179 Å². The summed E-state index contributed by atoms with van der Waals surface area (Å²) in [6, 6.07) is 15.2. The molecule has 0 fully saturated rings. The monoisotopic (exact) mass is 439 g/mol. The average Bonchev–Trinajstić information content (AvgIpc) is 3.39. The van der Waals surface area contributed by atoms with Crippen LogP contribution in [0.15, 0.2) is 52.9 Å². The van der Waals surface area contributed by atoms with Gasteiger partial charge in [-0.1, -0.05) is 59.0 Å². The van der Waals surface area contributed by atoms with Crippen molar-refractivity contribution in [1.29, 1.82) is 0 Å². The number of hydrogen-bond acceptors (Lipinski definition) is 8. The molecule has 0 saturated heterocycles. The highest BCUT2D eigenvalue weighted by molar-refractivity contribution is 8.01. The van der Waals surface area contributed by atoms with Crippen molar-refractivity contribution >= 4 is 56.6 Å². The lowest BCUT2D eigenvalue weighted by Crippen LogP contribution is -2.42. The summed E-state index contributed by atoms with van der Waals surface area (Å²) in [4.78, 5) is 24.3. The van der Waals surface area contributed by atoms with Crippen LogP contribution in [0.5, 0.6) is 0 Å². The largest absolute Gasteiger partial charge is 0.330 e. The molecule has 2 amide bonds. The Morgan fingerprint density at radius 3 is 2.70 bits per heavy atom. The van der Waals surface area contributed by atoms with E-state index in [1.165, 1.54) is 28.7 Å². The van der Waals surface area contributed by atoms with E-state index >= 15 is 0 Å². The van der Waals surface area contributed by atoms with Gasteiger partial charge in [0.1, 0.15) is 0 Å². The van der Waals surface area contributed by atoms with Gasteiger partial charge in [-0.25, -0.2) is 0 Å². The van der Waals surface area contributed by atoms with Gasteiger partial charge in [-0.2, -0.15) is 5.10 Å². The Hall–Kier alpha value is -3.44. The van der Waals surface area contributed by atoms with Crippen LogP contribution in [0, 0.1) is 6.92 Å². The first-order valence-electron chi connectivity index (χ1n) is 8.91. The van der Waals surface area contributed by atoms with E-state index in [2.05, 4.69) is 36.6 Å². The number of aromatic nitrogens is 4. The van der Waals surface area contributed by atoms with Gasteiger partial charge in [0.25, 0.3) is 5.91 Å². The number of H-pyrrole nitrogens is 1. The quantitative estimate of drug-likeness (QED) is 0.269. The average molecular weight is 440 g/mol. The van der Waals surface area contributed by atoms with Crippen molar-refractivity contribution in [3.8, 4) is 0 Å². The number of hydrazine groups is 1. The lowest BCUT2D eigenvalue weighted by atomic mass is 10.2. The van der Waals surface area contributed by atoms with Crippen LogP contribution < -0.4 is 16.2 Å². The Morgan fingerprint density at radius 1 is 1.07 bits per heavy atom. The molecule has 0 aliphatic carbocycles. The molecule has 0 saturated carbocycles. The molecule has 4 aromatic rings. The Morgan fingerprint density at radius 2 is 1.87 bits per heavy atom. The zero-order valence-corrected chi connectivity index (χ0v) is 17.4. The number of aromatic amines is 1. The molecule has 2 aromatic carbocycles. The number of aryl methyl sites for hydroxylation is 1. The third kappa shape index (κ3) is 4.75. The lowest BCUT2D eigenvalue weighted by Gasteiger charge is -2.05. The Bertz CT molecular complexity index is 1190. The number of para-hydroxylation sites is 1. The van der Waals surface area contributed by atoms with Crippen LogP contribution in [0.4, 0.5) is 10.8 Å².